The summed E-state index contributed by atoms with van der Waals surface area (Å²) in [6, 6.07) is 6.82. The zero-order valence-corrected chi connectivity index (χ0v) is 12.1. The van der Waals surface area contributed by atoms with E-state index in [-0.39, 0.29) is 17.3 Å². The van der Waals surface area contributed by atoms with Crippen LogP contribution in [0.1, 0.15) is 5.89 Å². The van der Waals surface area contributed by atoms with E-state index in [0.29, 0.717) is 16.4 Å². The molecule has 0 fully saturated rings. The second-order valence-corrected chi connectivity index (χ2v) is 4.95. The average Bonchev–Trinajstić information content (AvgIpc) is 2.99. The van der Waals surface area contributed by atoms with Crippen molar-refractivity contribution in [2.75, 3.05) is 5.84 Å². The van der Waals surface area contributed by atoms with Crippen LogP contribution >= 0.6 is 23.8 Å². The Morgan fingerprint density at radius 3 is 2.71 bits per heavy atom. The monoisotopic (exact) mass is 324 g/mol. The Morgan fingerprint density at radius 1 is 1.38 bits per heavy atom. The number of nitrogens with zero attached hydrogens (tertiary/aromatic N) is 4. The molecule has 0 saturated heterocycles. The number of nitrogen functional groups attached to an aromatic ring is 1. The molecule has 3 rings (SSSR count). The number of hydrogen-bond acceptors (Lipinski definition) is 6. The number of aromatic nitrogens is 5. The molecule has 0 bridgehead atoms. The highest BCUT2D eigenvalue weighted by Gasteiger charge is 2.14. The van der Waals surface area contributed by atoms with E-state index in [1.54, 1.807) is 24.3 Å². The van der Waals surface area contributed by atoms with E-state index in [1.807, 2.05) is 0 Å². The zero-order chi connectivity index (χ0) is 15.0. The van der Waals surface area contributed by atoms with Crippen LogP contribution in [0.4, 0.5) is 0 Å². The first kappa shape index (κ1) is 13.6. The Balaban J connectivity index is 2.01. The summed E-state index contributed by atoms with van der Waals surface area (Å²) >= 11 is 10.6. The van der Waals surface area contributed by atoms with E-state index in [0.717, 1.165) is 9.36 Å². The number of rotatable bonds is 3. The number of hydrogen-bond donors (Lipinski definition) is 2. The van der Waals surface area contributed by atoms with Gasteiger partial charge in [-0.15, -0.1) is 10.2 Å². The third kappa shape index (κ3) is 2.60. The number of benzene rings is 1. The van der Waals surface area contributed by atoms with E-state index >= 15 is 0 Å². The fraction of sp³-hybridized carbons (Fsp3) is 0.0909. The summed E-state index contributed by atoms with van der Waals surface area (Å²) in [6.45, 7) is 0.0246. The molecule has 3 aromatic rings. The maximum Gasteiger partial charge on any atom is 0.365 e. The second kappa shape index (κ2) is 5.19. The number of nitrogens with one attached hydrogen (secondary N) is 1. The number of aromatic amines is 1. The molecule has 10 heteroatoms. The number of halogens is 1. The fourth-order valence-electron chi connectivity index (χ4n) is 1.78. The first-order chi connectivity index (χ1) is 10.0. The summed E-state index contributed by atoms with van der Waals surface area (Å²) in [7, 11) is 0. The van der Waals surface area contributed by atoms with Crippen molar-refractivity contribution >= 4 is 23.8 Å². The molecule has 2 aromatic heterocycles. The van der Waals surface area contributed by atoms with Crippen molar-refractivity contribution in [1.82, 2.24) is 24.7 Å². The van der Waals surface area contributed by atoms with Crippen molar-refractivity contribution in [1.29, 1.82) is 0 Å². The molecular formula is C11H9ClN6O2S. The lowest BCUT2D eigenvalue weighted by Crippen LogP contribution is -2.30. The molecule has 0 amide bonds. The Kier molecular flexibility index (Phi) is 3.35. The third-order valence-electron chi connectivity index (χ3n) is 2.74. The maximum absolute atomic E-state index is 12.0. The highest BCUT2D eigenvalue weighted by molar-refractivity contribution is 7.71. The zero-order valence-electron chi connectivity index (χ0n) is 10.5. The van der Waals surface area contributed by atoms with Gasteiger partial charge < -0.3 is 10.3 Å². The summed E-state index contributed by atoms with van der Waals surface area (Å²) in [5.74, 6) is 6.29. The van der Waals surface area contributed by atoms with Gasteiger partial charge in [-0.25, -0.2) is 14.6 Å². The number of nitrogens with two attached hydrogens (primary N) is 1. The SMILES string of the molecule is Nn1c(-c2ccc(Cl)cc2)nn(Cc2n[nH]c(=S)o2)c1=O. The lowest BCUT2D eigenvalue weighted by atomic mass is 10.2. The third-order valence-corrected chi connectivity index (χ3v) is 3.17. The summed E-state index contributed by atoms with van der Waals surface area (Å²) in [5, 5.41) is 11.0. The molecule has 0 unspecified atom stereocenters. The standard InChI is InChI=1S/C11H9ClN6O2S/c12-7-3-1-6(2-4-7)9-16-17(11(19)18(9)13)5-8-14-15-10(21)20-8/h1-4H,5,13H2,(H,15,21). The fourth-order valence-corrected chi connectivity index (χ4v) is 2.04. The van der Waals surface area contributed by atoms with Gasteiger partial charge in [0, 0.05) is 10.6 Å². The van der Waals surface area contributed by atoms with Gasteiger partial charge in [0.2, 0.25) is 5.89 Å². The molecule has 108 valence electrons. The predicted molar refractivity (Wildman–Crippen MR) is 77.9 cm³/mol. The Hall–Kier alpha value is -2.39. The molecule has 0 aliphatic carbocycles. The molecule has 0 aliphatic heterocycles. The van der Waals surface area contributed by atoms with E-state index in [4.69, 9.17) is 34.1 Å². The minimum absolute atomic E-state index is 0.0246. The summed E-state index contributed by atoms with van der Waals surface area (Å²) in [5.41, 5.74) is 0.171. The van der Waals surface area contributed by atoms with Gasteiger partial charge in [-0.05, 0) is 36.5 Å². The highest BCUT2D eigenvalue weighted by atomic mass is 35.5. The van der Waals surface area contributed by atoms with Crippen LogP contribution in [0.5, 0.6) is 0 Å². The van der Waals surface area contributed by atoms with Gasteiger partial charge in [0.1, 0.15) is 6.54 Å². The summed E-state index contributed by atoms with van der Waals surface area (Å²) in [4.78, 5) is 12.2. The summed E-state index contributed by atoms with van der Waals surface area (Å²) < 4.78 is 7.18. The van der Waals surface area contributed by atoms with Gasteiger partial charge in [0.05, 0.1) is 0 Å². The molecule has 2 heterocycles. The topological polar surface area (TPSA) is 108 Å². The van der Waals surface area contributed by atoms with Gasteiger partial charge in [-0.2, -0.15) is 4.68 Å². The van der Waals surface area contributed by atoms with E-state index in [9.17, 15) is 4.79 Å². The molecule has 0 aliphatic rings. The quantitative estimate of drug-likeness (QED) is 0.553. The number of H-pyrrole nitrogens is 1. The molecule has 0 spiro atoms. The molecule has 0 atom stereocenters. The van der Waals surface area contributed by atoms with Crippen LogP contribution in [0.3, 0.4) is 0 Å². The van der Waals surface area contributed by atoms with Crippen molar-refractivity contribution < 1.29 is 4.42 Å². The van der Waals surface area contributed by atoms with Crippen LogP contribution in [-0.4, -0.2) is 24.7 Å². The van der Waals surface area contributed by atoms with Crippen LogP contribution in [0.2, 0.25) is 5.02 Å². The molecule has 21 heavy (non-hydrogen) atoms. The van der Waals surface area contributed by atoms with Crippen molar-refractivity contribution in [3.63, 3.8) is 0 Å². The molecular weight excluding hydrogens is 316 g/mol. The predicted octanol–water partition coefficient (Wildman–Crippen LogP) is 1.17. The van der Waals surface area contributed by atoms with Crippen molar-refractivity contribution in [3.8, 4) is 11.4 Å². The van der Waals surface area contributed by atoms with E-state index in [2.05, 4.69) is 15.3 Å². The lowest BCUT2D eigenvalue weighted by molar-refractivity contribution is 0.449. The van der Waals surface area contributed by atoms with Gasteiger partial charge in [0.15, 0.2) is 5.82 Å². The second-order valence-electron chi connectivity index (χ2n) is 4.15. The van der Waals surface area contributed by atoms with Gasteiger partial charge in [0.25, 0.3) is 4.84 Å². The Labute approximate surface area is 127 Å². The normalized spacial score (nSPS) is 10.9. The Bertz CT molecular complexity index is 891. The molecule has 0 radical (unpaired) electrons. The lowest BCUT2D eigenvalue weighted by Gasteiger charge is -1.98. The van der Waals surface area contributed by atoms with Crippen molar-refractivity contribution in [2.24, 2.45) is 0 Å². The van der Waals surface area contributed by atoms with Crippen LogP contribution in [0, 0.1) is 4.84 Å². The average molecular weight is 325 g/mol. The van der Waals surface area contributed by atoms with Crippen LogP contribution in [0.15, 0.2) is 33.5 Å². The minimum Gasteiger partial charge on any atom is -0.412 e. The van der Waals surface area contributed by atoms with Crippen LogP contribution < -0.4 is 11.5 Å². The first-order valence-electron chi connectivity index (χ1n) is 5.80. The largest absolute Gasteiger partial charge is 0.412 e. The van der Waals surface area contributed by atoms with E-state index < -0.39 is 5.69 Å². The minimum atomic E-state index is -0.496. The van der Waals surface area contributed by atoms with Gasteiger partial charge in [-0.3, -0.25) is 0 Å². The molecule has 1 aromatic carbocycles. The smallest absolute Gasteiger partial charge is 0.365 e. The van der Waals surface area contributed by atoms with Crippen molar-refractivity contribution in [3.05, 3.63) is 50.5 Å². The van der Waals surface area contributed by atoms with E-state index in [1.165, 1.54) is 0 Å². The van der Waals surface area contributed by atoms with Crippen LogP contribution in [-0.2, 0) is 6.54 Å². The highest BCUT2D eigenvalue weighted by Crippen LogP contribution is 2.17. The Morgan fingerprint density at radius 2 is 2.10 bits per heavy atom. The van der Waals surface area contributed by atoms with Gasteiger partial charge in [-0.1, -0.05) is 11.6 Å². The van der Waals surface area contributed by atoms with Crippen molar-refractivity contribution in [2.45, 2.75) is 6.54 Å². The molecule has 8 nitrogen and oxygen atoms in total. The molecule has 3 N–H and O–H groups in total. The maximum atomic E-state index is 12.0. The first-order valence-corrected chi connectivity index (χ1v) is 6.58. The van der Waals surface area contributed by atoms with Crippen LogP contribution in [0.25, 0.3) is 11.4 Å². The molecule has 0 saturated carbocycles. The summed E-state index contributed by atoms with van der Waals surface area (Å²) in [6.07, 6.45) is 0. The van der Waals surface area contributed by atoms with Gasteiger partial charge >= 0.3 is 5.69 Å².